The van der Waals surface area contributed by atoms with Crippen LogP contribution in [0, 0.1) is 0 Å². The average molecular weight is 264 g/mol. The average Bonchev–Trinajstić information content (AvgIpc) is 2.57. The van der Waals surface area contributed by atoms with Gasteiger partial charge in [0.2, 0.25) is 0 Å². The summed E-state index contributed by atoms with van der Waals surface area (Å²) in [7, 11) is 0. The van der Waals surface area contributed by atoms with Crippen molar-refractivity contribution in [1.82, 2.24) is 5.32 Å². The van der Waals surface area contributed by atoms with Crippen LogP contribution in [0.25, 0.3) is 0 Å². The molecule has 2 rings (SSSR count). The van der Waals surface area contributed by atoms with E-state index in [1.54, 1.807) is 12.1 Å². The fourth-order valence-electron chi connectivity index (χ4n) is 2.02. The number of carbonyl (C=O) groups is 2. The number of benzene rings is 1. The predicted octanol–water partition coefficient (Wildman–Crippen LogP) is 1.01. The summed E-state index contributed by atoms with van der Waals surface area (Å²) in [6, 6.07) is 4.50. The Kier molecular flexibility index (Phi) is 3.89. The third-order valence-electron chi connectivity index (χ3n) is 3.02. The highest BCUT2D eigenvalue weighted by atomic mass is 16.5. The van der Waals surface area contributed by atoms with Gasteiger partial charge in [0.05, 0.1) is 5.69 Å². The summed E-state index contributed by atoms with van der Waals surface area (Å²) >= 11 is 0. The topological polar surface area (TPSA) is 102 Å². The minimum atomic E-state index is -1.13. The molecule has 0 aromatic heterocycles. The van der Waals surface area contributed by atoms with Crippen molar-refractivity contribution < 1.29 is 19.4 Å². The first-order valence-corrected chi connectivity index (χ1v) is 6.15. The molecule has 0 saturated carbocycles. The lowest BCUT2D eigenvalue weighted by Gasteiger charge is -2.18. The third-order valence-corrected chi connectivity index (χ3v) is 3.02. The second kappa shape index (κ2) is 5.60. The highest BCUT2D eigenvalue weighted by molar-refractivity contribution is 5.93. The Bertz CT molecular complexity index is 501. The van der Waals surface area contributed by atoms with Crippen molar-refractivity contribution in [3.8, 4) is 5.75 Å². The first kappa shape index (κ1) is 13.2. The number of aromatic carboxylic acids is 1. The second-order valence-corrected chi connectivity index (χ2v) is 4.42. The minimum Gasteiger partial charge on any atom is -0.478 e. The maximum absolute atomic E-state index is 11.8. The number of hydrogen-bond acceptors (Lipinski definition) is 4. The number of para-hydroxylation sites is 1. The predicted molar refractivity (Wildman–Crippen MR) is 69.1 cm³/mol. The van der Waals surface area contributed by atoms with Gasteiger partial charge >= 0.3 is 5.97 Å². The molecule has 1 heterocycles. The number of amides is 1. The van der Waals surface area contributed by atoms with Crippen LogP contribution in [0.1, 0.15) is 29.6 Å². The van der Waals surface area contributed by atoms with Gasteiger partial charge in [-0.2, -0.15) is 0 Å². The molecule has 102 valence electrons. The third kappa shape index (κ3) is 2.96. The smallest absolute Gasteiger partial charge is 0.339 e. The molecule has 1 atom stereocenters. The number of carbonyl (C=O) groups excluding carboxylic acids is 1. The Hall–Kier alpha value is -2.24. The van der Waals surface area contributed by atoms with E-state index in [-0.39, 0.29) is 22.9 Å². The first-order chi connectivity index (χ1) is 9.09. The van der Waals surface area contributed by atoms with Crippen molar-refractivity contribution in [3.05, 3.63) is 23.8 Å². The van der Waals surface area contributed by atoms with Crippen LogP contribution in [0.3, 0.4) is 0 Å². The number of hydrogen-bond donors (Lipinski definition) is 3. The summed E-state index contributed by atoms with van der Waals surface area (Å²) in [5, 5.41) is 11.8. The van der Waals surface area contributed by atoms with Crippen LogP contribution < -0.4 is 15.8 Å². The molecule has 4 N–H and O–H groups in total. The summed E-state index contributed by atoms with van der Waals surface area (Å²) in [6.45, 7) is 0.620. The summed E-state index contributed by atoms with van der Waals surface area (Å²) in [6.07, 6.45) is 1.60. The minimum absolute atomic E-state index is 0.0305. The molecule has 0 bridgehead atoms. The molecule has 0 aliphatic carbocycles. The molecule has 1 aromatic rings. The zero-order valence-electron chi connectivity index (χ0n) is 10.4. The maximum atomic E-state index is 11.8. The molecule has 1 amide bonds. The van der Waals surface area contributed by atoms with Gasteiger partial charge in [0.25, 0.3) is 5.91 Å². The van der Waals surface area contributed by atoms with E-state index < -0.39 is 12.1 Å². The monoisotopic (exact) mass is 264 g/mol. The van der Waals surface area contributed by atoms with Gasteiger partial charge in [0.15, 0.2) is 11.9 Å². The van der Waals surface area contributed by atoms with Gasteiger partial charge < -0.3 is 20.9 Å². The van der Waals surface area contributed by atoms with Gasteiger partial charge in [-0.25, -0.2) is 4.79 Å². The fourth-order valence-corrected chi connectivity index (χ4v) is 2.02. The van der Waals surface area contributed by atoms with Crippen molar-refractivity contribution >= 4 is 17.6 Å². The molecule has 6 heteroatoms. The highest BCUT2D eigenvalue weighted by Gasteiger charge is 2.25. The van der Waals surface area contributed by atoms with Gasteiger partial charge in [0.1, 0.15) is 5.56 Å². The lowest BCUT2D eigenvalue weighted by atomic mass is 10.1. The summed E-state index contributed by atoms with van der Waals surface area (Å²) in [4.78, 5) is 22.9. The van der Waals surface area contributed by atoms with Gasteiger partial charge in [-0.1, -0.05) is 6.07 Å². The van der Waals surface area contributed by atoms with E-state index in [9.17, 15) is 9.59 Å². The number of rotatable bonds is 3. The Morgan fingerprint density at radius 2 is 2.21 bits per heavy atom. The number of carboxylic acid groups (broad SMARTS) is 1. The van der Waals surface area contributed by atoms with E-state index in [0.29, 0.717) is 13.0 Å². The van der Waals surface area contributed by atoms with Crippen LogP contribution in [0.4, 0.5) is 5.69 Å². The molecule has 6 nitrogen and oxygen atoms in total. The van der Waals surface area contributed by atoms with Gasteiger partial charge in [-0.05, 0) is 31.4 Å². The largest absolute Gasteiger partial charge is 0.478 e. The van der Waals surface area contributed by atoms with E-state index in [2.05, 4.69) is 5.32 Å². The maximum Gasteiger partial charge on any atom is 0.339 e. The molecule has 1 aliphatic heterocycles. The molecule has 1 fully saturated rings. The van der Waals surface area contributed by atoms with Crippen molar-refractivity contribution in [2.75, 3.05) is 12.3 Å². The number of nitrogens with one attached hydrogen (secondary N) is 1. The van der Waals surface area contributed by atoms with Crippen LogP contribution in [0.5, 0.6) is 5.75 Å². The number of ether oxygens (including phenoxy) is 1. The van der Waals surface area contributed by atoms with Gasteiger partial charge in [-0.15, -0.1) is 0 Å². The quantitative estimate of drug-likeness (QED) is 0.707. The number of anilines is 1. The van der Waals surface area contributed by atoms with E-state index in [1.807, 2.05) is 0 Å². The summed E-state index contributed by atoms with van der Waals surface area (Å²) in [5.74, 6) is -1.29. The lowest BCUT2D eigenvalue weighted by molar-refractivity contribution is -0.127. The van der Waals surface area contributed by atoms with Crippen LogP contribution in [-0.4, -0.2) is 29.6 Å². The van der Waals surface area contributed by atoms with Crippen molar-refractivity contribution in [2.24, 2.45) is 0 Å². The van der Waals surface area contributed by atoms with E-state index in [0.717, 1.165) is 12.8 Å². The molecule has 19 heavy (non-hydrogen) atoms. The molecule has 1 aliphatic rings. The molecule has 1 saturated heterocycles. The molecule has 1 aromatic carbocycles. The first-order valence-electron chi connectivity index (χ1n) is 6.15. The van der Waals surface area contributed by atoms with Crippen LogP contribution >= 0.6 is 0 Å². The second-order valence-electron chi connectivity index (χ2n) is 4.42. The zero-order valence-corrected chi connectivity index (χ0v) is 10.4. The normalized spacial score (nSPS) is 19.4. The Labute approximate surface area is 110 Å². The Balaban J connectivity index is 2.26. The highest BCUT2D eigenvalue weighted by Crippen LogP contribution is 2.28. The van der Waals surface area contributed by atoms with Crippen molar-refractivity contribution in [3.63, 3.8) is 0 Å². The summed E-state index contributed by atoms with van der Waals surface area (Å²) < 4.78 is 5.55. The van der Waals surface area contributed by atoms with Crippen LogP contribution in [-0.2, 0) is 4.79 Å². The molecule has 0 spiro atoms. The van der Waals surface area contributed by atoms with Gasteiger partial charge in [0, 0.05) is 6.54 Å². The molecule has 0 radical (unpaired) electrons. The van der Waals surface area contributed by atoms with Crippen LogP contribution in [0.2, 0.25) is 0 Å². The molecular weight excluding hydrogens is 248 g/mol. The van der Waals surface area contributed by atoms with E-state index >= 15 is 0 Å². The molecule has 1 unspecified atom stereocenters. The van der Waals surface area contributed by atoms with E-state index in [4.69, 9.17) is 15.6 Å². The van der Waals surface area contributed by atoms with Crippen LogP contribution in [0.15, 0.2) is 18.2 Å². The molecular formula is C13H16N2O4. The number of nitrogens with two attached hydrogens (primary N) is 1. The fraction of sp³-hybridized carbons (Fsp3) is 0.385. The SMILES string of the molecule is Nc1cccc(C(=O)O)c1OC1CCCCNC1=O. The van der Waals surface area contributed by atoms with E-state index in [1.165, 1.54) is 6.07 Å². The number of carboxylic acids is 1. The van der Waals surface area contributed by atoms with Crippen molar-refractivity contribution in [2.45, 2.75) is 25.4 Å². The van der Waals surface area contributed by atoms with Crippen molar-refractivity contribution in [1.29, 1.82) is 0 Å². The Morgan fingerprint density at radius 1 is 1.42 bits per heavy atom. The standard InChI is InChI=1S/C13H16N2O4/c14-9-5-3-4-8(13(17)18)11(9)19-10-6-1-2-7-15-12(10)16/h3-5,10H,1-2,6-7,14H2,(H,15,16)(H,17,18). The summed E-state index contributed by atoms with van der Waals surface area (Å²) in [5.41, 5.74) is 5.93. The number of nitrogen functional groups attached to an aromatic ring is 1. The van der Waals surface area contributed by atoms with Gasteiger partial charge in [-0.3, -0.25) is 4.79 Å². The lowest BCUT2D eigenvalue weighted by Crippen LogP contribution is -2.37. The zero-order chi connectivity index (χ0) is 13.8. The Morgan fingerprint density at radius 3 is 2.95 bits per heavy atom.